The quantitative estimate of drug-likeness (QED) is 0.836. The van der Waals surface area contributed by atoms with Gasteiger partial charge in [0.15, 0.2) is 11.5 Å². The molecule has 1 aromatic heterocycles. The Kier molecular flexibility index (Phi) is 5.30. The molecular formula is C18H23ClN4O2. The largest absolute Gasteiger partial charge is 0.454 e. The first-order chi connectivity index (χ1) is 11.7. The molecule has 0 N–H and O–H groups in total. The van der Waals surface area contributed by atoms with Gasteiger partial charge in [-0.2, -0.15) is 0 Å². The second-order valence-corrected chi connectivity index (χ2v) is 6.39. The number of rotatable bonds is 3. The summed E-state index contributed by atoms with van der Waals surface area (Å²) in [5.41, 5.74) is 3.46. The molecule has 2 aliphatic rings. The molecule has 3 heterocycles. The molecule has 2 aromatic rings. The van der Waals surface area contributed by atoms with E-state index in [-0.39, 0.29) is 12.4 Å². The summed E-state index contributed by atoms with van der Waals surface area (Å²) >= 11 is 0. The molecule has 2 aliphatic heterocycles. The van der Waals surface area contributed by atoms with Crippen LogP contribution >= 0.6 is 12.4 Å². The van der Waals surface area contributed by atoms with Gasteiger partial charge in [0.25, 0.3) is 0 Å². The maximum absolute atomic E-state index is 5.46. The summed E-state index contributed by atoms with van der Waals surface area (Å²) in [6.07, 6.45) is 1.91. The number of ether oxygens (including phenoxy) is 2. The van der Waals surface area contributed by atoms with E-state index in [4.69, 9.17) is 9.47 Å². The number of fused-ring (bicyclic) bond motifs is 1. The van der Waals surface area contributed by atoms with Crippen LogP contribution in [0.4, 0.5) is 5.95 Å². The number of halogens is 1. The topological polar surface area (TPSA) is 50.7 Å². The maximum atomic E-state index is 5.46. The second kappa shape index (κ2) is 7.45. The molecule has 0 saturated carbocycles. The minimum Gasteiger partial charge on any atom is -0.454 e. The Morgan fingerprint density at radius 3 is 2.56 bits per heavy atom. The normalized spacial score (nSPS) is 16.6. The predicted octanol–water partition coefficient (Wildman–Crippen LogP) is 2.57. The van der Waals surface area contributed by atoms with E-state index in [1.165, 1.54) is 5.56 Å². The Labute approximate surface area is 154 Å². The average molecular weight is 363 g/mol. The van der Waals surface area contributed by atoms with Crippen molar-refractivity contribution in [2.75, 3.05) is 37.9 Å². The molecule has 0 amide bonds. The van der Waals surface area contributed by atoms with Crippen LogP contribution in [-0.2, 0) is 6.54 Å². The minimum atomic E-state index is 0. The van der Waals surface area contributed by atoms with Crippen LogP contribution in [0.15, 0.2) is 24.4 Å². The molecule has 1 saturated heterocycles. The molecule has 25 heavy (non-hydrogen) atoms. The third kappa shape index (κ3) is 3.80. The van der Waals surface area contributed by atoms with Crippen LogP contribution in [0.25, 0.3) is 0 Å². The van der Waals surface area contributed by atoms with E-state index in [1.807, 2.05) is 26.1 Å². The summed E-state index contributed by atoms with van der Waals surface area (Å²) in [5, 5.41) is 0. The first kappa shape index (κ1) is 17.8. The number of aromatic nitrogens is 2. The van der Waals surface area contributed by atoms with E-state index in [0.29, 0.717) is 6.79 Å². The standard InChI is InChI=1S/C18H22N4O2.ClH/c1-13-10-19-18(20-14(13)2)22-7-5-21(6-8-22)11-15-3-4-16-17(9-15)24-12-23-16;/h3-4,9-10H,5-8,11-12H2,1-2H3;1H. The Balaban J connectivity index is 0.00000182. The summed E-state index contributed by atoms with van der Waals surface area (Å²) in [5.74, 6) is 2.55. The van der Waals surface area contributed by atoms with E-state index in [2.05, 4.69) is 31.9 Å². The number of hydrogen-bond acceptors (Lipinski definition) is 6. The summed E-state index contributed by atoms with van der Waals surface area (Å²) in [4.78, 5) is 13.8. The molecule has 0 spiro atoms. The van der Waals surface area contributed by atoms with Crippen LogP contribution in [0.1, 0.15) is 16.8 Å². The van der Waals surface area contributed by atoms with Crippen molar-refractivity contribution in [3.63, 3.8) is 0 Å². The Hall–Kier alpha value is -2.05. The smallest absolute Gasteiger partial charge is 0.231 e. The highest BCUT2D eigenvalue weighted by molar-refractivity contribution is 5.85. The van der Waals surface area contributed by atoms with Crippen molar-refractivity contribution >= 4 is 18.4 Å². The van der Waals surface area contributed by atoms with Crippen LogP contribution < -0.4 is 14.4 Å². The number of aryl methyl sites for hydroxylation is 2. The predicted molar refractivity (Wildman–Crippen MR) is 98.8 cm³/mol. The summed E-state index contributed by atoms with van der Waals surface area (Å²) in [6.45, 7) is 9.25. The Bertz CT molecular complexity index is 748. The SMILES string of the molecule is Cc1cnc(N2CCN(Cc3ccc4c(c3)OCO4)CC2)nc1C.Cl. The third-order valence-corrected chi connectivity index (χ3v) is 4.71. The van der Waals surface area contributed by atoms with Gasteiger partial charge in [-0.3, -0.25) is 4.90 Å². The van der Waals surface area contributed by atoms with E-state index < -0.39 is 0 Å². The lowest BCUT2D eigenvalue weighted by molar-refractivity contribution is 0.174. The van der Waals surface area contributed by atoms with Crippen LogP contribution in [0.5, 0.6) is 11.5 Å². The van der Waals surface area contributed by atoms with E-state index in [0.717, 1.165) is 61.4 Å². The van der Waals surface area contributed by atoms with Crippen LogP contribution in [0.3, 0.4) is 0 Å². The molecular weight excluding hydrogens is 340 g/mol. The molecule has 6 nitrogen and oxygen atoms in total. The van der Waals surface area contributed by atoms with Crippen molar-refractivity contribution < 1.29 is 9.47 Å². The number of benzene rings is 1. The molecule has 0 radical (unpaired) electrons. The molecule has 7 heteroatoms. The van der Waals surface area contributed by atoms with Crippen LogP contribution in [0, 0.1) is 13.8 Å². The number of hydrogen-bond donors (Lipinski definition) is 0. The van der Waals surface area contributed by atoms with E-state index in [9.17, 15) is 0 Å². The summed E-state index contributed by atoms with van der Waals surface area (Å²) in [6, 6.07) is 6.20. The molecule has 0 aliphatic carbocycles. The molecule has 1 fully saturated rings. The van der Waals surface area contributed by atoms with Gasteiger partial charge in [-0.05, 0) is 37.1 Å². The van der Waals surface area contributed by atoms with E-state index in [1.54, 1.807) is 0 Å². The summed E-state index contributed by atoms with van der Waals surface area (Å²) in [7, 11) is 0. The highest BCUT2D eigenvalue weighted by Crippen LogP contribution is 2.32. The van der Waals surface area contributed by atoms with Crippen molar-refractivity contribution in [1.29, 1.82) is 0 Å². The Morgan fingerprint density at radius 2 is 1.80 bits per heavy atom. The number of piperazine rings is 1. The zero-order valence-corrected chi connectivity index (χ0v) is 15.4. The molecule has 0 atom stereocenters. The van der Waals surface area contributed by atoms with Gasteiger partial charge in [-0.15, -0.1) is 12.4 Å². The van der Waals surface area contributed by atoms with Gasteiger partial charge in [-0.25, -0.2) is 9.97 Å². The van der Waals surface area contributed by atoms with Crippen molar-refractivity contribution in [3.8, 4) is 11.5 Å². The monoisotopic (exact) mass is 362 g/mol. The maximum Gasteiger partial charge on any atom is 0.231 e. The first-order valence-electron chi connectivity index (χ1n) is 8.35. The lowest BCUT2D eigenvalue weighted by Gasteiger charge is -2.34. The molecule has 134 valence electrons. The van der Waals surface area contributed by atoms with Gasteiger partial charge >= 0.3 is 0 Å². The number of anilines is 1. The zero-order chi connectivity index (χ0) is 16.5. The number of nitrogens with zero attached hydrogens (tertiary/aromatic N) is 4. The lowest BCUT2D eigenvalue weighted by atomic mass is 10.1. The van der Waals surface area contributed by atoms with E-state index >= 15 is 0 Å². The van der Waals surface area contributed by atoms with Gasteiger partial charge in [-0.1, -0.05) is 6.07 Å². The fourth-order valence-corrected chi connectivity index (χ4v) is 3.07. The first-order valence-corrected chi connectivity index (χ1v) is 8.35. The fraction of sp³-hybridized carbons (Fsp3) is 0.444. The van der Waals surface area contributed by atoms with Crippen LogP contribution in [-0.4, -0.2) is 47.8 Å². The third-order valence-electron chi connectivity index (χ3n) is 4.71. The summed E-state index contributed by atoms with van der Waals surface area (Å²) < 4.78 is 10.8. The van der Waals surface area contributed by atoms with Crippen molar-refractivity contribution in [2.45, 2.75) is 20.4 Å². The van der Waals surface area contributed by atoms with Gasteiger partial charge in [0.2, 0.25) is 12.7 Å². The van der Waals surface area contributed by atoms with Crippen LogP contribution in [0.2, 0.25) is 0 Å². The molecule has 0 unspecified atom stereocenters. The minimum absolute atomic E-state index is 0. The van der Waals surface area contributed by atoms with Crippen molar-refractivity contribution in [3.05, 3.63) is 41.2 Å². The molecule has 1 aromatic carbocycles. The highest BCUT2D eigenvalue weighted by Gasteiger charge is 2.20. The van der Waals surface area contributed by atoms with Gasteiger partial charge in [0.05, 0.1) is 0 Å². The van der Waals surface area contributed by atoms with Crippen molar-refractivity contribution in [1.82, 2.24) is 14.9 Å². The lowest BCUT2D eigenvalue weighted by Crippen LogP contribution is -2.46. The second-order valence-electron chi connectivity index (χ2n) is 6.39. The highest BCUT2D eigenvalue weighted by atomic mass is 35.5. The zero-order valence-electron chi connectivity index (χ0n) is 14.6. The van der Waals surface area contributed by atoms with Gasteiger partial charge in [0.1, 0.15) is 0 Å². The average Bonchev–Trinajstić information content (AvgIpc) is 3.06. The van der Waals surface area contributed by atoms with Gasteiger partial charge < -0.3 is 14.4 Å². The Morgan fingerprint density at radius 1 is 1.04 bits per heavy atom. The fourth-order valence-electron chi connectivity index (χ4n) is 3.07. The molecule has 0 bridgehead atoms. The molecule has 4 rings (SSSR count). The van der Waals surface area contributed by atoms with Gasteiger partial charge in [0, 0.05) is 44.6 Å². The van der Waals surface area contributed by atoms with Crippen molar-refractivity contribution in [2.24, 2.45) is 0 Å².